The van der Waals surface area contributed by atoms with Crippen molar-refractivity contribution in [3.63, 3.8) is 0 Å². The van der Waals surface area contributed by atoms with E-state index in [4.69, 9.17) is 35.4 Å². The van der Waals surface area contributed by atoms with E-state index in [0.29, 0.717) is 6.08 Å². The van der Waals surface area contributed by atoms with Crippen LogP contribution in [0.1, 0.15) is 27.6 Å². The van der Waals surface area contributed by atoms with Gasteiger partial charge in [-0.1, -0.05) is 24.3 Å². The van der Waals surface area contributed by atoms with E-state index < -0.39 is 70.2 Å². The molecule has 0 saturated heterocycles. The first-order valence-electron chi connectivity index (χ1n) is 14.6. The first-order chi connectivity index (χ1) is 20.0. The number of carbonyl (C=O) groups excluding carboxylic acids is 1. The number of allylic oxidation sites excluding steroid dienone is 3. The third-order valence-electron chi connectivity index (χ3n) is 3.81. The summed E-state index contributed by atoms with van der Waals surface area (Å²) in [6.45, 7) is 0. The van der Waals surface area contributed by atoms with Gasteiger partial charge in [0.15, 0.2) is 28.8 Å². The Morgan fingerprint density at radius 3 is 1.88 bits per heavy atom. The second kappa shape index (κ2) is 12.2. The standard InChI is InChI=1S/C23H23BF2O6/c1-28-20-9-5-7-16(22(20)30-3)11-13-18(27)15-19(32-24(25)26)14-12-17-8-6-10-21(29-2)23(17)31-4/h5-15H,1-4H3/b13-11+,14-12+,19-15-/i1D3,2D3,3D3,4D3. The maximum absolute atomic E-state index is 13.1. The largest absolute Gasteiger partial charge is 0.796 e. The molecular weight excluding hydrogens is 421 g/mol. The fraction of sp³-hybridized carbons (Fsp3) is 0.174. The smallest absolute Gasteiger partial charge is 0.505 e. The summed E-state index contributed by atoms with van der Waals surface area (Å²) >= 11 is 0. The van der Waals surface area contributed by atoms with Crippen LogP contribution < -0.4 is 18.9 Å². The minimum absolute atomic E-state index is 0.117. The maximum atomic E-state index is 13.1. The molecule has 0 spiro atoms. The Morgan fingerprint density at radius 2 is 1.38 bits per heavy atom. The number of para-hydroxylation sites is 2. The summed E-state index contributed by atoms with van der Waals surface area (Å²) in [5.41, 5.74) is -0.263. The first kappa shape index (κ1) is 12.3. The molecule has 2 rings (SSSR count). The highest BCUT2D eigenvalue weighted by Crippen LogP contribution is 2.32. The van der Waals surface area contributed by atoms with Gasteiger partial charge in [-0.3, -0.25) is 4.79 Å². The second-order valence-electron chi connectivity index (χ2n) is 5.75. The molecule has 0 amide bonds. The summed E-state index contributed by atoms with van der Waals surface area (Å²) in [5, 5.41) is 0. The molecule has 0 atom stereocenters. The van der Waals surface area contributed by atoms with Crippen molar-refractivity contribution in [2.45, 2.75) is 0 Å². The van der Waals surface area contributed by atoms with Gasteiger partial charge in [-0.05, 0) is 36.4 Å². The Morgan fingerprint density at radius 1 is 0.844 bits per heavy atom. The van der Waals surface area contributed by atoms with E-state index in [1.54, 1.807) is 0 Å². The van der Waals surface area contributed by atoms with Crippen molar-refractivity contribution in [2.75, 3.05) is 28.2 Å². The SMILES string of the molecule is [2H]C([2H])([2H])Oc1cccc(/C=C/C(=O)/C=C(/C=C/c2cccc(OC([2H])([2H])[2H])c2OC([2H])([2H])[2H])OB(F)F)c1OC([2H])([2H])[2H]. The Bertz CT molecular complexity index is 1400. The highest BCUT2D eigenvalue weighted by molar-refractivity contribution is 6.35. The number of rotatable bonds is 11. The average molecular weight is 456 g/mol. The van der Waals surface area contributed by atoms with Crippen molar-refractivity contribution >= 4 is 25.4 Å². The van der Waals surface area contributed by atoms with Crippen molar-refractivity contribution in [2.24, 2.45) is 0 Å². The molecule has 0 heterocycles. The van der Waals surface area contributed by atoms with E-state index in [1.165, 1.54) is 24.3 Å². The van der Waals surface area contributed by atoms with Gasteiger partial charge in [-0.15, -0.1) is 0 Å². The molecule has 9 heteroatoms. The Balaban J connectivity index is 2.49. The number of hydrogen-bond acceptors (Lipinski definition) is 6. The molecule has 0 N–H and O–H groups in total. The number of benzene rings is 2. The number of ketones is 1. The van der Waals surface area contributed by atoms with Gasteiger partial charge < -0.3 is 23.6 Å². The zero-order chi connectivity index (χ0) is 33.5. The number of halogens is 2. The predicted octanol–water partition coefficient (Wildman–Crippen LogP) is 4.84. The molecule has 168 valence electrons. The van der Waals surface area contributed by atoms with Crippen LogP contribution in [-0.2, 0) is 9.45 Å². The number of methoxy groups -OCH3 is 4. The topological polar surface area (TPSA) is 63.2 Å². The average Bonchev–Trinajstić information content (AvgIpc) is 2.80. The summed E-state index contributed by atoms with van der Waals surface area (Å²) < 4.78 is 138. The van der Waals surface area contributed by atoms with E-state index in [9.17, 15) is 13.4 Å². The van der Waals surface area contributed by atoms with Crippen LogP contribution in [0.2, 0.25) is 0 Å². The van der Waals surface area contributed by atoms with Crippen LogP contribution >= 0.6 is 0 Å². The van der Waals surface area contributed by atoms with Crippen molar-refractivity contribution in [3.8, 4) is 23.0 Å². The van der Waals surface area contributed by atoms with Crippen molar-refractivity contribution in [1.29, 1.82) is 0 Å². The minimum Gasteiger partial charge on any atom is -0.505 e. The molecule has 0 aliphatic heterocycles. The van der Waals surface area contributed by atoms with Gasteiger partial charge >= 0.3 is 7.47 Å². The summed E-state index contributed by atoms with van der Waals surface area (Å²) in [6.07, 6.45) is 4.24. The Labute approximate surface area is 202 Å². The van der Waals surface area contributed by atoms with Crippen molar-refractivity contribution in [3.05, 3.63) is 71.5 Å². The van der Waals surface area contributed by atoms with Crippen LogP contribution in [0.4, 0.5) is 8.63 Å². The first-order valence-corrected chi connectivity index (χ1v) is 8.60. The summed E-state index contributed by atoms with van der Waals surface area (Å²) in [4.78, 5) is 12.6. The van der Waals surface area contributed by atoms with Gasteiger partial charge in [0.1, 0.15) is 5.76 Å². The van der Waals surface area contributed by atoms with E-state index in [-0.39, 0.29) is 11.1 Å². The summed E-state index contributed by atoms with van der Waals surface area (Å²) in [5.74, 6) is -3.80. The third-order valence-corrected chi connectivity index (χ3v) is 3.81. The molecule has 0 aliphatic carbocycles. The van der Waals surface area contributed by atoms with Gasteiger partial charge in [0.05, 0.1) is 44.6 Å². The predicted molar refractivity (Wildman–Crippen MR) is 119 cm³/mol. The lowest BCUT2D eigenvalue weighted by atomic mass is 10.1. The van der Waals surface area contributed by atoms with Crippen LogP contribution in [0.3, 0.4) is 0 Å². The number of hydrogen-bond donors (Lipinski definition) is 0. The molecule has 0 aliphatic rings. The highest BCUT2D eigenvalue weighted by atomic mass is 19.2. The van der Waals surface area contributed by atoms with Crippen molar-refractivity contribution < 1.29 is 53.5 Å². The zero-order valence-electron chi connectivity index (χ0n) is 28.1. The molecule has 32 heavy (non-hydrogen) atoms. The molecule has 2 aromatic rings. The Kier molecular flexibility index (Phi) is 4.70. The van der Waals surface area contributed by atoms with Gasteiger partial charge in [-0.25, -0.2) is 8.63 Å². The van der Waals surface area contributed by atoms with Crippen LogP contribution in [0, 0.1) is 0 Å². The fourth-order valence-corrected chi connectivity index (χ4v) is 2.46. The summed E-state index contributed by atoms with van der Waals surface area (Å²) in [7, 11) is -15.5. The van der Waals surface area contributed by atoms with Gasteiger partial charge in [0, 0.05) is 17.2 Å². The van der Waals surface area contributed by atoms with Gasteiger partial charge in [-0.2, -0.15) is 0 Å². The normalized spacial score (nSPS) is 18.6. The van der Waals surface area contributed by atoms with Gasteiger partial charge in [0.25, 0.3) is 0 Å². The third kappa shape index (κ3) is 6.63. The highest BCUT2D eigenvalue weighted by Gasteiger charge is 2.19. The lowest BCUT2D eigenvalue weighted by Gasteiger charge is -2.10. The maximum Gasteiger partial charge on any atom is 0.796 e. The van der Waals surface area contributed by atoms with E-state index in [2.05, 4.69) is 4.65 Å². The van der Waals surface area contributed by atoms with Gasteiger partial charge in [0.2, 0.25) is 0 Å². The molecule has 0 bridgehead atoms. The lowest BCUT2D eigenvalue weighted by molar-refractivity contribution is -0.110. The number of carbonyl (C=O) groups is 1. The second-order valence-corrected chi connectivity index (χ2v) is 5.75. The molecule has 6 nitrogen and oxygen atoms in total. The van der Waals surface area contributed by atoms with E-state index in [1.807, 2.05) is 0 Å². The molecule has 0 saturated carbocycles. The van der Waals surface area contributed by atoms with E-state index in [0.717, 1.165) is 36.4 Å². The van der Waals surface area contributed by atoms with Crippen LogP contribution in [-0.4, -0.2) is 41.4 Å². The molecule has 2 aromatic carbocycles. The zero-order valence-corrected chi connectivity index (χ0v) is 16.1. The molecule has 0 aromatic heterocycles. The quantitative estimate of drug-likeness (QED) is 0.209. The summed E-state index contributed by atoms with van der Waals surface area (Å²) in [6, 6.07) is 7.28. The monoisotopic (exact) mass is 456 g/mol. The van der Waals surface area contributed by atoms with Crippen LogP contribution in [0.15, 0.2) is 60.4 Å². The fourth-order valence-electron chi connectivity index (χ4n) is 2.46. The number of ether oxygens (including phenoxy) is 4. The Hall–Kier alpha value is -3.75. The van der Waals surface area contributed by atoms with Crippen LogP contribution in [0.5, 0.6) is 23.0 Å². The van der Waals surface area contributed by atoms with E-state index >= 15 is 0 Å². The van der Waals surface area contributed by atoms with Crippen LogP contribution in [0.25, 0.3) is 12.2 Å². The lowest BCUT2D eigenvalue weighted by Crippen LogP contribution is -2.05. The van der Waals surface area contributed by atoms with Crippen molar-refractivity contribution in [1.82, 2.24) is 0 Å². The molecular formula is C23H23BF2O6. The molecule has 0 radical (unpaired) electrons. The minimum atomic E-state index is -3.42. The molecule has 0 fully saturated rings. The molecule has 0 unspecified atom stereocenters.